The zero-order chi connectivity index (χ0) is 23.4. The first-order valence-corrected chi connectivity index (χ1v) is 10.8. The number of aromatic nitrogens is 2. The molecule has 1 unspecified atom stereocenters. The van der Waals surface area contributed by atoms with Crippen molar-refractivity contribution >= 4 is 6.09 Å². The molecule has 178 valence electrons. The third-order valence-corrected chi connectivity index (χ3v) is 6.96. The van der Waals surface area contributed by atoms with Crippen LogP contribution in [-0.4, -0.2) is 40.3 Å². The van der Waals surface area contributed by atoms with Crippen LogP contribution < -0.4 is 5.32 Å². The van der Waals surface area contributed by atoms with E-state index in [0.717, 1.165) is 25.0 Å². The molecule has 0 saturated heterocycles. The van der Waals surface area contributed by atoms with Crippen molar-refractivity contribution in [2.45, 2.75) is 56.2 Å². The molecule has 1 aromatic heterocycles. The van der Waals surface area contributed by atoms with E-state index in [4.69, 9.17) is 4.74 Å². The van der Waals surface area contributed by atoms with Crippen LogP contribution >= 0.6 is 0 Å². The Hall–Kier alpha value is -2.69. The normalized spacial score (nSPS) is 30.5. The molecule has 4 saturated carbocycles. The standard InChI is InChI=1S/C22H22F5N3O3/c23-16-2-1-13(5-17(16)24)18-9-30(11-28-18)19-8-21(6-14(19)7-21)29-20(31)32-10-12-3-15(4-12)33-22(25,26)27/h1-2,5,9,11-12,14-15,19H,3-4,6-8,10H2,(H,29,31). The summed E-state index contributed by atoms with van der Waals surface area (Å²) in [6.45, 7) is 0.0611. The highest BCUT2D eigenvalue weighted by Gasteiger charge is 2.57. The number of carbonyl (C=O) groups excluding carboxylic acids is 1. The van der Waals surface area contributed by atoms with Gasteiger partial charge < -0.3 is 14.6 Å². The molecule has 0 aliphatic heterocycles. The third kappa shape index (κ3) is 4.55. The summed E-state index contributed by atoms with van der Waals surface area (Å²) in [5, 5.41) is 2.93. The molecule has 11 heteroatoms. The zero-order valence-corrected chi connectivity index (χ0v) is 17.4. The number of rotatable bonds is 6. The summed E-state index contributed by atoms with van der Waals surface area (Å²) < 4.78 is 74.3. The summed E-state index contributed by atoms with van der Waals surface area (Å²) in [5.74, 6) is -1.63. The molecule has 1 amide bonds. The van der Waals surface area contributed by atoms with E-state index in [9.17, 15) is 26.7 Å². The molecular formula is C22H22F5N3O3. The topological polar surface area (TPSA) is 65.4 Å². The maximum atomic E-state index is 13.5. The van der Waals surface area contributed by atoms with Crippen molar-refractivity contribution in [2.75, 3.05) is 6.61 Å². The molecule has 1 N–H and O–H groups in total. The number of imidazole rings is 1. The van der Waals surface area contributed by atoms with Crippen LogP contribution in [-0.2, 0) is 9.47 Å². The Morgan fingerprint density at radius 2 is 1.94 bits per heavy atom. The lowest BCUT2D eigenvalue weighted by molar-refractivity contribution is -0.354. The number of benzene rings is 1. The Kier molecular flexibility index (Phi) is 5.34. The second-order valence-corrected chi connectivity index (χ2v) is 9.30. The van der Waals surface area contributed by atoms with Crippen molar-refractivity contribution in [2.24, 2.45) is 11.8 Å². The number of ether oxygens (including phenoxy) is 2. The van der Waals surface area contributed by atoms with Crippen LogP contribution in [0, 0.1) is 23.5 Å². The molecule has 1 heterocycles. The molecule has 6 rings (SSSR count). The molecule has 2 aromatic rings. The summed E-state index contributed by atoms with van der Waals surface area (Å²) >= 11 is 0. The fourth-order valence-corrected chi connectivity index (χ4v) is 5.32. The largest absolute Gasteiger partial charge is 0.522 e. The van der Waals surface area contributed by atoms with Gasteiger partial charge >= 0.3 is 12.5 Å². The average Bonchev–Trinajstić information content (AvgIpc) is 3.37. The van der Waals surface area contributed by atoms with Gasteiger partial charge in [0.25, 0.3) is 0 Å². The molecule has 1 atom stereocenters. The van der Waals surface area contributed by atoms with Gasteiger partial charge in [-0.3, -0.25) is 4.74 Å². The number of hydrogen-bond acceptors (Lipinski definition) is 4. The molecule has 33 heavy (non-hydrogen) atoms. The Labute approximate surface area is 186 Å². The fraction of sp³-hybridized carbons (Fsp3) is 0.545. The van der Waals surface area contributed by atoms with Gasteiger partial charge in [0.05, 0.1) is 24.7 Å². The van der Waals surface area contributed by atoms with Gasteiger partial charge in [0.15, 0.2) is 11.6 Å². The number of halogens is 5. The molecule has 0 radical (unpaired) electrons. The number of carbonyl (C=O) groups is 1. The predicted molar refractivity (Wildman–Crippen MR) is 105 cm³/mol. The molecule has 4 fully saturated rings. The summed E-state index contributed by atoms with van der Waals surface area (Å²) in [5.41, 5.74) is 0.640. The van der Waals surface area contributed by atoms with Crippen molar-refractivity contribution in [3.05, 3.63) is 42.4 Å². The SMILES string of the molecule is O=C(NC12CC(C1)C(n1cnc(-c3ccc(F)c(F)c3)c1)C2)OCC1CC(OC(F)(F)F)C1. The number of nitrogens with zero attached hydrogens (tertiary/aromatic N) is 2. The summed E-state index contributed by atoms with van der Waals surface area (Å²) in [6, 6.07) is 3.75. The molecule has 1 aromatic carbocycles. The molecule has 4 aliphatic carbocycles. The van der Waals surface area contributed by atoms with Crippen LogP contribution in [0.25, 0.3) is 11.3 Å². The molecular weight excluding hydrogens is 449 g/mol. The van der Waals surface area contributed by atoms with Crippen LogP contribution in [0.3, 0.4) is 0 Å². The Balaban J connectivity index is 1.11. The van der Waals surface area contributed by atoms with Crippen molar-refractivity contribution < 1.29 is 36.2 Å². The van der Waals surface area contributed by atoms with Gasteiger partial charge in [0.2, 0.25) is 0 Å². The minimum absolute atomic E-state index is 0.0611. The van der Waals surface area contributed by atoms with E-state index in [2.05, 4.69) is 15.0 Å². The van der Waals surface area contributed by atoms with Gasteiger partial charge in [0, 0.05) is 23.3 Å². The van der Waals surface area contributed by atoms with E-state index in [1.807, 2.05) is 4.57 Å². The van der Waals surface area contributed by atoms with Gasteiger partial charge in [-0.2, -0.15) is 0 Å². The van der Waals surface area contributed by atoms with Crippen molar-refractivity contribution in [1.82, 2.24) is 14.9 Å². The smallest absolute Gasteiger partial charge is 0.449 e. The van der Waals surface area contributed by atoms with Gasteiger partial charge in [-0.25, -0.2) is 18.6 Å². The zero-order valence-electron chi connectivity index (χ0n) is 17.4. The summed E-state index contributed by atoms with van der Waals surface area (Å²) in [6.07, 6.45) is 0.0590. The number of hydrogen-bond donors (Lipinski definition) is 1. The van der Waals surface area contributed by atoms with Crippen LogP contribution in [0.2, 0.25) is 0 Å². The van der Waals surface area contributed by atoms with Gasteiger partial charge in [-0.05, 0) is 62.1 Å². The van der Waals surface area contributed by atoms with Crippen molar-refractivity contribution in [1.29, 1.82) is 0 Å². The van der Waals surface area contributed by atoms with E-state index in [-0.39, 0.29) is 36.9 Å². The number of amides is 1. The number of fused-ring (bicyclic) bond motifs is 1. The van der Waals surface area contributed by atoms with Crippen LogP contribution in [0.4, 0.5) is 26.7 Å². The van der Waals surface area contributed by atoms with Gasteiger partial charge in [0.1, 0.15) is 0 Å². The highest BCUT2D eigenvalue weighted by Crippen LogP contribution is 2.57. The predicted octanol–water partition coefficient (Wildman–Crippen LogP) is 4.96. The minimum Gasteiger partial charge on any atom is -0.449 e. The monoisotopic (exact) mass is 471 g/mol. The highest BCUT2D eigenvalue weighted by molar-refractivity contribution is 5.69. The van der Waals surface area contributed by atoms with Crippen LogP contribution in [0.5, 0.6) is 0 Å². The van der Waals surface area contributed by atoms with E-state index in [1.165, 1.54) is 6.07 Å². The lowest BCUT2D eigenvalue weighted by atomic mass is 9.77. The second-order valence-electron chi connectivity index (χ2n) is 9.30. The first-order chi connectivity index (χ1) is 15.6. The Morgan fingerprint density at radius 1 is 1.18 bits per heavy atom. The van der Waals surface area contributed by atoms with E-state index in [0.29, 0.717) is 23.6 Å². The lowest BCUT2D eigenvalue weighted by Gasteiger charge is -2.39. The number of alkyl carbamates (subject to hydrolysis) is 1. The van der Waals surface area contributed by atoms with E-state index >= 15 is 0 Å². The number of nitrogens with one attached hydrogen (secondary N) is 1. The Bertz CT molecular complexity index is 1040. The maximum absolute atomic E-state index is 13.5. The van der Waals surface area contributed by atoms with E-state index in [1.54, 1.807) is 12.5 Å². The van der Waals surface area contributed by atoms with E-state index < -0.39 is 30.2 Å². The maximum Gasteiger partial charge on any atom is 0.522 e. The van der Waals surface area contributed by atoms with Gasteiger partial charge in [-0.1, -0.05) is 0 Å². The lowest BCUT2D eigenvalue weighted by Crippen LogP contribution is -2.52. The fourth-order valence-electron chi connectivity index (χ4n) is 5.32. The van der Waals surface area contributed by atoms with Crippen LogP contribution in [0.15, 0.2) is 30.7 Å². The van der Waals surface area contributed by atoms with Crippen LogP contribution in [0.1, 0.15) is 38.1 Å². The highest BCUT2D eigenvalue weighted by atomic mass is 19.4. The third-order valence-electron chi connectivity index (χ3n) is 6.96. The average molecular weight is 471 g/mol. The summed E-state index contributed by atoms with van der Waals surface area (Å²) in [7, 11) is 0. The summed E-state index contributed by atoms with van der Waals surface area (Å²) in [4.78, 5) is 16.6. The molecule has 4 aliphatic rings. The van der Waals surface area contributed by atoms with Gasteiger partial charge in [-0.15, -0.1) is 13.2 Å². The quantitative estimate of drug-likeness (QED) is 0.605. The molecule has 6 nitrogen and oxygen atoms in total. The first-order valence-electron chi connectivity index (χ1n) is 10.8. The second kappa shape index (κ2) is 7.96. The Morgan fingerprint density at radius 3 is 2.64 bits per heavy atom. The van der Waals surface area contributed by atoms with Crippen molar-refractivity contribution in [3.8, 4) is 11.3 Å². The minimum atomic E-state index is -4.64. The molecule has 0 spiro atoms. The first kappa shape index (κ1) is 22.1. The van der Waals surface area contributed by atoms with Crippen molar-refractivity contribution in [3.63, 3.8) is 0 Å². The molecule has 2 bridgehead atoms. The number of alkyl halides is 3.